The molecule has 0 spiro atoms. The molecule has 0 amide bonds. The third-order valence-corrected chi connectivity index (χ3v) is 5.67. The lowest BCUT2D eigenvalue weighted by atomic mass is 10.0. The van der Waals surface area contributed by atoms with Crippen molar-refractivity contribution in [3.63, 3.8) is 0 Å². The molecule has 5 nitrogen and oxygen atoms in total. The van der Waals surface area contributed by atoms with Crippen molar-refractivity contribution in [3.8, 4) is 5.75 Å². The first kappa shape index (κ1) is 26.2. The first-order valence-corrected chi connectivity index (χ1v) is 13.0. The number of benzene rings is 1. The second-order valence-electron chi connectivity index (χ2n) is 7.87. The zero-order chi connectivity index (χ0) is 21.2. The van der Waals surface area contributed by atoms with Gasteiger partial charge in [-0.05, 0) is 18.6 Å². The van der Waals surface area contributed by atoms with E-state index < -0.39 is 13.9 Å². The van der Waals surface area contributed by atoms with E-state index in [1.165, 1.54) is 70.6 Å². The molecule has 0 aliphatic carbocycles. The van der Waals surface area contributed by atoms with E-state index in [9.17, 15) is 4.57 Å². The molecule has 1 atom stereocenters. The predicted octanol–water partition coefficient (Wildman–Crippen LogP) is 7.02. The summed E-state index contributed by atoms with van der Waals surface area (Å²) in [5.41, 5.74) is 0. The smallest absolute Gasteiger partial charge is 0.469 e. The maximum atomic E-state index is 11.2. The van der Waals surface area contributed by atoms with Gasteiger partial charge in [0.25, 0.3) is 0 Å². The molecule has 0 radical (unpaired) electrons. The summed E-state index contributed by atoms with van der Waals surface area (Å²) in [6.07, 6.45) is 16.5. The fourth-order valence-corrected chi connectivity index (χ4v) is 4.01. The van der Waals surface area contributed by atoms with Gasteiger partial charge in [-0.1, -0.05) is 109 Å². The van der Waals surface area contributed by atoms with E-state index in [0.717, 1.165) is 12.8 Å². The largest absolute Gasteiger partial charge is 0.491 e. The Morgan fingerprint density at radius 1 is 0.793 bits per heavy atom. The normalized spacial score (nSPS) is 12.8. The first-order chi connectivity index (χ1) is 14.0. The van der Waals surface area contributed by atoms with Crippen LogP contribution in [-0.2, 0) is 9.09 Å². The highest BCUT2D eigenvalue weighted by Gasteiger charge is 2.22. The molecule has 0 fully saturated rings. The van der Waals surface area contributed by atoms with Crippen molar-refractivity contribution in [2.24, 2.45) is 0 Å². The minimum atomic E-state index is -4.51. The Hall–Kier alpha value is -0.870. The van der Waals surface area contributed by atoms with Gasteiger partial charge in [0.1, 0.15) is 18.5 Å². The van der Waals surface area contributed by atoms with Crippen molar-refractivity contribution in [1.82, 2.24) is 0 Å². The van der Waals surface area contributed by atoms with Crippen LogP contribution in [0.1, 0.15) is 96.8 Å². The molecule has 2 N–H and O–H groups in total. The van der Waals surface area contributed by atoms with Crippen LogP contribution in [0, 0.1) is 0 Å². The summed E-state index contributed by atoms with van der Waals surface area (Å²) in [6, 6.07) is 9.25. The molecular weight excluding hydrogens is 387 g/mol. The number of ether oxygens (including phenoxy) is 1. The highest BCUT2D eigenvalue weighted by Crippen LogP contribution is 2.38. The third kappa shape index (κ3) is 16.6. The van der Waals surface area contributed by atoms with Gasteiger partial charge in [-0.25, -0.2) is 4.57 Å². The van der Waals surface area contributed by atoms with E-state index in [4.69, 9.17) is 19.0 Å². The zero-order valence-corrected chi connectivity index (χ0v) is 19.0. The van der Waals surface area contributed by atoms with Crippen LogP contribution in [0.25, 0.3) is 0 Å². The number of hydrogen-bond donors (Lipinski definition) is 2. The summed E-state index contributed by atoms with van der Waals surface area (Å²) in [4.78, 5) is 18.2. The summed E-state index contributed by atoms with van der Waals surface area (Å²) >= 11 is 0. The SMILES string of the molecule is CCCCCCCCCCCCCCCC(COc1ccccc1)OP(=O)(O)O. The average molecular weight is 429 g/mol. The molecule has 1 aromatic rings. The maximum absolute atomic E-state index is 11.2. The average Bonchev–Trinajstić information content (AvgIpc) is 2.69. The summed E-state index contributed by atoms with van der Waals surface area (Å²) < 4.78 is 21.7. The van der Waals surface area contributed by atoms with Crippen LogP contribution >= 0.6 is 7.82 Å². The molecule has 1 rings (SSSR count). The molecule has 1 aromatic carbocycles. The number of phosphoric acid groups is 1. The van der Waals surface area contributed by atoms with E-state index in [0.29, 0.717) is 12.2 Å². The summed E-state index contributed by atoms with van der Waals surface area (Å²) in [6.45, 7) is 2.40. The van der Waals surface area contributed by atoms with E-state index in [1.807, 2.05) is 30.3 Å². The van der Waals surface area contributed by atoms with E-state index >= 15 is 0 Å². The standard InChI is InChI=1S/C23H41O5P/c1-2-3-4-5-6-7-8-9-10-11-12-13-15-20-23(28-29(24,25)26)21-27-22-18-16-14-17-19-22/h14,16-19,23H,2-13,15,20-21H2,1H3,(H2,24,25,26). The molecule has 1 unspecified atom stereocenters. The van der Waals surface area contributed by atoms with Gasteiger partial charge in [-0.15, -0.1) is 0 Å². The Labute approximate surface area is 177 Å². The van der Waals surface area contributed by atoms with Gasteiger partial charge in [0, 0.05) is 0 Å². The molecule has 6 heteroatoms. The molecular formula is C23H41O5P. The lowest BCUT2D eigenvalue weighted by Gasteiger charge is -2.18. The van der Waals surface area contributed by atoms with E-state index in [2.05, 4.69) is 6.92 Å². The Kier molecular flexibility index (Phi) is 15.2. The highest BCUT2D eigenvalue weighted by atomic mass is 31.2. The molecule has 0 aromatic heterocycles. The summed E-state index contributed by atoms with van der Waals surface area (Å²) in [5.74, 6) is 0.678. The molecule has 0 bridgehead atoms. The molecule has 0 aliphatic heterocycles. The van der Waals surface area contributed by atoms with Crippen molar-refractivity contribution in [2.45, 2.75) is 103 Å². The molecule has 0 saturated carbocycles. The first-order valence-electron chi connectivity index (χ1n) is 11.4. The van der Waals surface area contributed by atoms with Gasteiger partial charge >= 0.3 is 7.82 Å². The van der Waals surface area contributed by atoms with Crippen LogP contribution in [-0.4, -0.2) is 22.5 Å². The zero-order valence-electron chi connectivity index (χ0n) is 18.1. The topological polar surface area (TPSA) is 76.0 Å². The number of para-hydroxylation sites is 1. The van der Waals surface area contributed by atoms with Crippen LogP contribution in [0.3, 0.4) is 0 Å². The maximum Gasteiger partial charge on any atom is 0.469 e. The molecule has 168 valence electrons. The van der Waals surface area contributed by atoms with Crippen molar-refractivity contribution in [1.29, 1.82) is 0 Å². The second-order valence-corrected chi connectivity index (χ2v) is 9.07. The minimum Gasteiger partial charge on any atom is -0.491 e. The van der Waals surface area contributed by atoms with Crippen LogP contribution < -0.4 is 4.74 Å². The molecule has 29 heavy (non-hydrogen) atoms. The Morgan fingerprint density at radius 2 is 1.28 bits per heavy atom. The van der Waals surface area contributed by atoms with Gasteiger partial charge in [-0.2, -0.15) is 0 Å². The van der Waals surface area contributed by atoms with Crippen LogP contribution in [0.15, 0.2) is 30.3 Å². The summed E-state index contributed by atoms with van der Waals surface area (Å²) in [7, 11) is -4.51. The van der Waals surface area contributed by atoms with Gasteiger partial charge in [-0.3, -0.25) is 4.52 Å². The number of rotatable bonds is 19. The fourth-order valence-electron chi connectivity index (χ4n) is 3.46. The predicted molar refractivity (Wildman–Crippen MR) is 119 cm³/mol. The number of unbranched alkanes of at least 4 members (excludes halogenated alkanes) is 12. The second kappa shape index (κ2) is 16.9. The molecule has 0 aliphatic rings. The number of hydrogen-bond acceptors (Lipinski definition) is 3. The molecule has 0 saturated heterocycles. The van der Waals surface area contributed by atoms with Crippen LogP contribution in [0.5, 0.6) is 5.75 Å². The van der Waals surface area contributed by atoms with Gasteiger partial charge < -0.3 is 14.5 Å². The fraction of sp³-hybridized carbons (Fsp3) is 0.739. The quantitative estimate of drug-likeness (QED) is 0.183. The van der Waals surface area contributed by atoms with Crippen LogP contribution in [0.2, 0.25) is 0 Å². The van der Waals surface area contributed by atoms with Crippen molar-refractivity contribution >= 4 is 7.82 Å². The van der Waals surface area contributed by atoms with Crippen molar-refractivity contribution in [2.75, 3.05) is 6.61 Å². The van der Waals surface area contributed by atoms with E-state index in [1.54, 1.807) is 0 Å². The third-order valence-electron chi connectivity index (χ3n) is 5.10. The number of phosphoric ester groups is 1. The van der Waals surface area contributed by atoms with E-state index in [-0.39, 0.29) is 6.61 Å². The Bertz CT molecular complexity index is 531. The lowest BCUT2D eigenvalue weighted by molar-refractivity contribution is 0.0818. The molecule has 0 heterocycles. The van der Waals surface area contributed by atoms with Crippen molar-refractivity contribution in [3.05, 3.63) is 30.3 Å². The van der Waals surface area contributed by atoms with Crippen LogP contribution in [0.4, 0.5) is 0 Å². The lowest BCUT2D eigenvalue weighted by Crippen LogP contribution is -2.20. The minimum absolute atomic E-state index is 0.146. The van der Waals surface area contributed by atoms with Gasteiger partial charge in [0.15, 0.2) is 0 Å². The summed E-state index contributed by atoms with van der Waals surface area (Å²) in [5, 5.41) is 0. The van der Waals surface area contributed by atoms with Gasteiger partial charge in [0.05, 0.1) is 0 Å². The monoisotopic (exact) mass is 428 g/mol. The Balaban J connectivity index is 2.06. The highest BCUT2D eigenvalue weighted by molar-refractivity contribution is 7.46. The van der Waals surface area contributed by atoms with Gasteiger partial charge in [0.2, 0.25) is 0 Å². The van der Waals surface area contributed by atoms with Crippen molar-refractivity contribution < 1.29 is 23.6 Å². The Morgan fingerprint density at radius 3 is 1.76 bits per heavy atom.